The quantitative estimate of drug-likeness (QED) is 0.829. The highest BCUT2D eigenvalue weighted by Gasteiger charge is 2.33. The van der Waals surface area contributed by atoms with Gasteiger partial charge in [-0.3, -0.25) is 4.79 Å². The van der Waals surface area contributed by atoms with Crippen molar-refractivity contribution in [2.75, 3.05) is 11.9 Å². The Hall–Kier alpha value is -1.27. The van der Waals surface area contributed by atoms with Crippen molar-refractivity contribution >= 4 is 23.2 Å². The number of nitrogens with two attached hydrogens (primary N) is 1. The molecule has 1 rings (SSSR count). The number of carbonyl (C=O) groups excluding carboxylic acids is 1. The van der Waals surface area contributed by atoms with Crippen LogP contribution in [0, 0.1) is 5.92 Å². The van der Waals surface area contributed by atoms with E-state index in [1.165, 1.54) is 6.07 Å². The number of benzene rings is 1. The predicted molar refractivity (Wildman–Crippen MR) is 77.2 cm³/mol. The Morgan fingerprint density at radius 2 is 2.05 bits per heavy atom. The molecule has 1 aromatic rings. The normalized spacial score (nSPS) is 13.0. The molecule has 0 fully saturated rings. The van der Waals surface area contributed by atoms with E-state index in [1.54, 1.807) is 0 Å². The fourth-order valence-corrected chi connectivity index (χ4v) is 2.07. The molecule has 1 amide bonds. The van der Waals surface area contributed by atoms with Gasteiger partial charge in [-0.1, -0.05) is 18.5 Å². The zero-order chi connectivity index (χ0) is 16.0. The average Bonchev–Trinajstić information content (AvgIpc) is 2.38. The molecule has 0 saturated carbocycles. The molecule has 3 nitrogen and oxygen atoms in total. The Morgan fingerprint density at radius 3 is 2.62 bits per heavy atom. The molecule has 1 unspecified atom stereocenters. The van der Waals surface area contributed by atoms with E-state index in [-0.39, 0.29) is 18.0 Å². The molecular weight excluding hydrogens is 305 g/mol. The number of hydrogen-bond acceptors (Lipinski definition) is 2. The van der Waals surface area contributed by atoms with E-state index < -0.39 is 16.8 Å². The van der Waals surface area contributed by atoms with Crippen molar-refractivity contribution in [3.63, 3.8) is 0 Å². The molecule has 0 saturated heterocycles. The lowest BCUT2D eigenvalue weighted by molar-refractivity contribution is -0.137. The van der Waals surface area contributed by atoms with Gasteiger partial charge in [0, 0.05) is 12.1 Å². The van der Waals surface area contributed by atoms with Crippen molar-refractivity contribution in [3.05, 3.63) is 28.8 Å². The van der Waals surface area contributed by atoms with Gasteiger partial charge in [0.25, 0.3) is 0 Å². The van der Waals surface area contributed by atoms with Crippen LogP contribution in [0.4, 0.5) is 18.9 Å². The molecular formula is C14H18ClF3N2O. The Kier molecular flexibility index (Phi) is 6.48. The molecule has 118 valence electrons. The van der Waals surface area contributed by atoms with Gasteiger partial charge >= 0.3 is 6.18 Å². The summed E-state index contributed by atoms with van der Waals surface area (Å²) in [7, 11) is 0. The van der Waals surface area contributed by atoms with Crippen LogP contribution in [-0.2, 0) is 11.0 Å². The van der Waals surface area contributed by atoms with Gasteiger partial charge in [-0.25, -0.2) is 0 Å². The van der Waals surface area contributed by atoms with Crippen molar-refractivity contribution < 1.29 is 18.0 Å². The minimum atomic E-state index is -4.55. The minimum absolute atomic E-state index is 0.0863. The highest BCUT2D eigenvalue weighted by Crippen LogP contribution is 2.36. The molecule has 21 heavy (non-hydrogen) atoms. The Bertz CT molecular complexity index is 492. The van der Waals surface area contributed by atoms with Gasteiger partial charge in [0.15, 0.2) is 0 Å². The van der Waals surface area contributed by atoms with Crippen LogP contribution in [0.1, 0.15) is 31.7 Å². The maximum absolute atomic E-state index is 12.7. The van der Waals surface area contributed by atoms with Crippen LogP contribution in [-0.4, -0.2) is 12.5 Å². The van der Waals surface area contributed by atoms with Gasteiger partial charge in [0.1, 0.15) is 0 Å². The number of alkyl halides is 3. The summed E-state index contributed by atoms with van der Waals surface area (Å²) in [6.07, 6.45) is -2.85. The smallest absolute Gasteiger partial charge is 0.330 e. The first kappa shape index (κ1) is 17.8. The molecule has 0 aliphatic carbocycles. The first-order valence-corrected chi connectivity index (χ1v) is 6.98. The summed E-state index contributed by atoms with van der Waals surface area (Å²) in [5.74, 6) is -0.0222. The third-order valence-corrected chi connectivity index (χ3v) is 3.41. The molecule has 0 heterocycles. The Labute approximate surface area is 126 Å². The molecule has 0 radical (unpaired) electrons. The molecule has 1 aromatic carbocycles. The van der Waals surface area contributed by atoms with Gasteiger partial charge < -0.3 is 11.1 Å². The fourth-order valence-electron chi connectivity index (χ4n) is 1.85. The highest BCUT2D eigenvalue weighted by atomic mass is 35.5. The Balaban J connectivity index is 2.65. The number of rotatable bonds is 6. The predicted octanol–water partition coefficient (Wildman–Crippen LogP) is 4.06. The first-order chi connectivity index (χ1) is 9.74. The summed E-state index contributed by atoms with van der Waals surface area (Å²) in [5, 5.41) is 2.06. The summed E-state index contributed by atoms with van der Waals surface area (Å²) in [4.78, 5) is 11.7. The second-order valence-electron chi connectivity index (χ2n) is 4.96. The zero-order valence-electron chi connectivity index (χ0n) is 11.6. The lowest BCUT2D eigenvalue weighted by atomic mass is 10.0. The first-order valence-electron chi connectivity index (χ1n) is 6.60. The Morgan fingerprint density at radius 1 is 1.38 bits per heavy atom. The van der Waals surface area contributed by atoms with Crippen molar-refractivity contribution in [3.8, 4) is 0 Å². The number of nitrogens with one attached hydrogen (secondary N) is 1. The maximum Gasteiger partial charge on any atom is 0.417 e. The molecule has 0 spiro atoms. The summed E-state index contributed by atoms with van der Waals surface area (Å²) < 4.78 is 38.1. The highest BCUT2D eigenvalue weighted by molar-refractivity contribution is 6.31. The minimum Gasteiger partial charge on any atom is -0.330 e. The van der Waals surface area contributed by atoms with Gasteiger partial charge in [0.2, 0.25) is 5.91 Å². The van der Waals surface area contributed by atoms with Crippen molar-refractivity contribution in [1.82, 2.24) is 0 Å². The van der Waals surface area contributed by atoms with E-state index in [1.807, 2.05) is 6.92 Å². The number of amides is 1. The zero-order valence-corrected chi connectivity index (χ0v) is 12.4. The monoisotopic (exact) mass is 322 g/mol. The van der Waals surface area contributed by atoms with E-state index in [4.69, 9.17) is 17.3 Å². The van der Waals surface area contributed by atoms with Crippen LogP contribution in [0.15, 0.2) is 18.2 Å². The maximum atomic E-state index is 12.7. The molecule has 1 atom stereocenters. The van der Waals surface area contributed by atoms with E-state index in [9.17, 15) is 18.0 Å². The summed E-state index contributed by atoms with van der Waals surface area (Å²) >= 11 is 5.51. The summed E-state index contributed by atoms with van der Waals surface area (Å²) in [6.45, 7) is 2.53. The van der Waals surface area contributed by atoms with E-state index in [0.29, 0.717) is 18.9 Å². The number of anilines is 1. The third kappa shape index (κ3) is 5.93. The second kappa shape index (κ2) is 7.66. The molecule has 0 aromatic heterocycles. The van der Waals surface area contributed by atoms with E-state index in [2.05, 4.69) is 5.32 Å². The number of carbonyl (C=O) groups is 1. The van der Waals surface area contributed by atoms with Crippen LogP contribution in [0.5, 0.6) is 0 Å². The molecule has 0 aliphatic rings. The fraction of sp³-hybridized carbons (Fsp3) is 0.500. The van der Waals surface area contributed by atoms with Crippen LogP contribution >= 0.6 is 11.6 Å². The summed E-state index contributed by atoms with van der Waals surface area (Å²) in [5.41, 5.74) is 4.54. The van der Waals surface area contributed by atoms with Crippen LogP contribution in [0.25, 0.3) is 0 Å². The van der Waals surface area contributed by atoms with Crippen LogP contribution in [0.3, 0.4) is 0 Å². The standard InChI is InChI=1S/C14H18ClF3N2O/c1-9(6-7-19)2-5-13(21)20-10-3-4-12(15)11(8-10)14(16,17)18/h3-4,8-9H,2,5-7,19H2,1H3,(H,20,21). The third-order valence-electron chi connectivity index (χ3n) is 3.08. The van der Waals surface area contributed by atoms with E-state index in [0.717, 1.165) is 18.6 Å². The largest absolute Gasteiger partial charge is 0.417 e. The van der Waals surface area contributed by atoms with Crippen molar-refractivity contribution in [2.45, 2.75) is 32.4 Å². The topological polar surface area (TPSA) is 55.1 Å². The van der Waals surface area contributed by atoms with Crippen molar-refractivity contribution in [2.24, 2.45) is 11.7 Å². The lowest BCUT2D eigenvalue weighted by Crippen LogP contribution is -2.15. The van der Waals surface area contributed by atoms with Crippen LogP contribution in [0.2, 0.25) is 5.02 Å². The van der Waals surface area contributed by atoms with Gasteiger partial charge in [-0.2, -0.15) is 13.2 Å². The van der Waals surface area contributed by atoms with E-state index >= 15 is 0 Å². The summed E-state index contributed by atoms with van der Waals surface area (Å²) in [6, 6.07) is 3.30. The second-order valence-corrected chi connectivity index (χ2v) is 5.37. The molecule has 7 heteroatoms. The van der Waals surface area contributed by atoms with Crippen molar-refractivity contribution in [1.29, 1.82) is 0 Å². The number of halogens is 4. The number of hydrogen-bond donors (Lipinski definition) is 2. The van der Waals surface area contributed by atoms with Crippen LogP contribution < -0.4 is 11.1 Å². The molecule has 0 bridgehead atoms. The SMILES string of the molecule is CC(CCN)CCC(=O)Nc1ccc(Cl)c(C(F)(F)F)c1. The van der Waals surface area contributed by atoms with Gasteiger partial charge in [-0.05, 0) is 43.5 Å². The van der Waals surface area contributed by atoms with Gasteiger partial charge in [0.05, 0.1) is 10.6 Å². The molecule has 0 aliphatic heterocycles. The van der Waals surface area contributed by atoms with Gasteiger partial charge in [-0.15, -0.1) is 0 Å². The molecule has 3 N–H and O–H groups in total. The lowest BCUT2D eigenvalue weighted by Gasteiger charge is -2.13. The average molecular weight is 323 g/mol.